The molecule has 0 bridgehead atoms. The Kier molecular flexibility index (Phi) is 4.35. The molecule has 0 spiro atoms. The summed E-state index contributed by atoms with van der Waals surface area (Å²) >= 11 is 0. The fourth-order valence-corrected chi connectivity index (χ4v) is 2.07. The highest BCUT2D eigenvalue weighted by Crippen LogP contribution is 2.26. The standard InChI is InChI=1S/C16H18N2O2/c1-4-20-16(19)12-8-9-15(18-10-12)13-6-5-7-14(17-3)11(13)2/h5-10,17H,4H2,1-3H3. The van der Waals surface area contributed by atoms with Crippen molar-refractivity contribution in [2.24, 2.45) is 0 Å². The number of pyridine rings is 1. The Balaban J connectivity index is 2.33. The lowest BCUT2D eigenvalue weighted by molar-refractivity contribution is 0.0526. The van der Waals surface area contributed by atoms with E-state index in [9.17, 15) is 4.79 Å². The van der Waals surface area contributed by atoms with Gasteiger partial charge >= 0.3 is 5.97 Å². The molecule has 0 aliphatic rings. The van der Waals surface area contributed by atoms with Gasteiger partial charge in [-0.1, -0.05) is 12.1 Å². The maximum Gasteiger partial charge on any atom is 0.339 e. The number of rotatable bonds is 4. The van der Waals surface area contributed by atoms with Crippen LogP contribution in [0.25, 0.3) is 11.3 Å². The van der Waals surface area contributed by atoms with Crippen molar-refractivity contribution in [3.63, 3.8) is 0 Å². The molecule has 1 heterocycles. The molecular weight excluding hydrogens is 252 g/mol. The summed E-state index contributed by atoms with van der Waals surface area (Å²) in [7, 11) is 1.89. The van der Waals surface area contributed by atoms with Gasteiger partial charge in [-0.3, -0.25) is 4.98 Å². The van der Waals surface area contributed by atoms with Gasteiger partial charge < -0.3 is 10.1 Å². The molecule has 0 saturated carbocycles. The molecule has 0 aliphatic carbocycles. The average Bonchev–Trinajstić information content (AvgIpc) is 2.48. The van der Waals surface area contributed by atoms with Crippen LogP contribution < -0.4 is 5.32 Å². The molecule has 0 amide bonds. The van der Waals surface area contributed by atoms with Crippen LogP contribution in [0.3, 0.4) is 0 Å². The fourth-order valence-electron chi connectivity index (χ4n) is 2.07. The van der Waals surface area contributed by atoms with Crippen molar-refractivity contribution in [3.05, 3.63) is 47.7 Å². The van der Waals surface area contributed by atoms with E-state index < -0.39 is 0 Å². The second-order valence-corrected chi connectivity index (χ2v) is 4.38. The van der Waals surface area contributed by atoms with Crippen molar-refractivity contribution < 1.29 is 9.53 Å². The number of nitrogens with one attached hydrogen (secondary N) is 1. The minimum absolute atomic E-state index is 0.341. The number of ether oxygens (including phenoxy) is 1. The molecular formula is C16H18N2O2. The lowest BCUT2D eigenvalue weighted by atomic mass is 10.0. The molecule has 20 heavy (non-hydrogen) atoms. The second kappa shape index (κ2) is 6.19. The van der Waals surface area contributed by atoms with Crippen LogP contribution in [0.5, 0.6) is 0 Å². The van der Waals surface area contributed by atoms with E-state index >= 15 is 0 Å². The van der Waals surface area contributed by atoms with Gasteiger partial charge in [-0.15, -0.1) is 0 Å². The van der Waals surface area contributed by atoms with E-state index in [0.29, 0.717) is 12.2 Å². The molecule has 2 aromatic rings. The highest BCUT2D eigenvalue weighted by Gasteiger charge is 2.09. The van der Waals surface area contributed by atoms with Crippen LogP contribution in [0.4, 0.5) is 5.69 Å². The summed E-state index contributed by atoms with van der Waals surface area (Å²) in [6.45, 7) is 4.19. The highest BCUT2D eigenvalue weighted by molar-refractivity contribution is 5.89. The minimum Gasteiger partial charge on any atom is -0.462 e. The van der Waals surface area contributed by atoms with Gasteiger partial charge in [0, 0.05) is 24.5 Å². The lowest BCUT2D eigenvalue weighted by Gasteiger charge is -2.10. The molecule has 104 valence electrons. The quantitative estimate of drug-likeness (QED) is 0.866. The molecule has 0 atom stereocenters. The van der Waals surface area contributed by atoms with E-state index in [1.54, 1.807) is 19.2 Å². The number of aromatic nitrogens is 1. The van der Waals surface area contributed by atoms with E-state index in [2.05, 4.69) is 10.3 Å². The first-order valence-corrected chi connectivity index (χ1v) is 6.58. The third kappa shape index (κ3) is 2.79. The number of benzene rings is 1. The molecule has 1 N–H and O–H groups in total. The van der Waals surface area contributed by atoms with Gasteiger partial charge in [-0.2, -0.15) is 0 Å². The topological polar surface area (TPSA) is 51.2 Å². The van der Waals surface area contributed by atoms with Crippen LogP contribution in [-0.2, 0) is 4.74 Å². The summed E-state index contributed by atoms with van der Waals surface area (Å²) in [6.07, 6.45) is 1.55. The molecule has 2 rings (SSSR count). The van der Waals surface area contributed by atoms with E-state index in [1.165, 1.54) is 0 Å². The third-order valence-corrected chi connectivity index (χ3v) is 3.15. The van der Waals surface area contributed by atoms with Gasteiger partial charge in [0.05, 0.1) is 17.9 Å². The van der Waals surface area contributed by atoms with E-state index in [1.807, 2.05) is 38.2 Å². The van der Waals surface area contributed by atoms with E-state index in [4.69, 9.17) is 4.74 Å². The van der Waals surface area contributed by atoms with Crippen molar-refractivity contribution in [2.45, 2.75) is 13.8 Å². The van der Waals surface area contributed by atoms with Crippen molar-refractivity contribution in [1.29, 1.82) is 0 Å². The first kappa shape index (κ1) is 14.1. The Hall–Kier alpha value is -2.36. The van der Waals surface area contributed by atoms with Crippen LogP contribution in [0, 0.1) is 6.92 Å². The third-order valence-electron chi connectivity index (χ3n) is 3.15. The van der Waals surface area contributed by atoms with Crippen molar-refractivity contribution >= 4 is 11.7 Å². The Morgan fingerprint density at radius 3 is 2.70 bits per heavy atom. The number of esters is 1. The summed E-state index contributed by atoms with van der Waals surface area (Å²) in [6, 6.07) is 9.60. The molecule has 0 fully saturated rings. The lowest BCUT2D eigenvalue weighted by Crippen LogP contribution is -2.05. The number of hydrogen-bond donors (Lipinski definition) is 1. The van der Waals surface area contributed by atoms with E-state index in [-0.39, 0.29) is 5.97 Å². The fraction of sp³-hybridized carbons (Fsp3) is 0.250. The van der Waals surface area contributed by atoms with Crippen LogP contribution in [0.2, 0.25) is 0 Å². The molecule has 0 radical (unpaired) electrons. The zero-order valence-electron chi connectivity index (χ0n) is 11.9. The van der Waals surface area contributed by atoms with Gasteiger partial charge in [0.2, 0.25) is 0 Å². The Morgan fingerprint density at radius 1 is 1.30 bits per heavy atom. The van der Waals surface area contributed by atoms with Crippen molar-refractivity contribution in [2.75, 3.05) is 19.0 Å². The van der Waals surface area contributed by atoms with E-state index in [0.717, 1.165) is 22.5 Å². The molecule has 0 aliphatic heterocycles. The Morgan fingerprint density at radius 2 is 2.10 bits per heavy atom. The van der Waals surface area contributed by atoms with Crippen molar-refractivity contribution in [3.8, 4) is 11.3 Å². The van der Waals surface area contributed by atoms with Gasteiger partial charge in [0.1, 0.15) is 0 Å². The number of carbonyl (C=O) groups is 1. The smallest absolute Gasteiger partial charge is 0.339 e. The average molecular weight is 270 g/mol. The number of hydrogen-bond acceptors (Lipinski definition) is 4. The summed E-state index contributed by atoms with van der Waals surface area (Å²) in [5, 5.41) is 3.15. The van der Waals surface area contributed by atoms with Gasteiger partial charge in [0.15, 0.2) is 0 Å². The van der Waals surface area contributed by atoms with Crippen LogP contribution in [-0.4, -0.2) is 24.6 Å². The molecule has 1 aromatic carbocycles. The maximum atomic E-state index is 11.6. The van der Waals surface area contributed by atoms with Gasteiger partial charge in [-0.05, 0) is 37.6 Å². The zero-order chi connectivity index (χ0) is 14.5. The second-order valence-electron chi connectivity index (χ2n) is 4.38. The minimum atomic E-state index is -0.341. The predicted octanol–water partition coefficient (Wildman–Crippen LogP) is 3.28. The molecule has 4 nitrogen and oxygen atoms in total. The zero-order valence-corrected chi connectivity index (χ0v) is 11.9. The normalized spacial score (nSPS) is 10.2. The summed E-state index contributed by atoms with van der Waals surface area (Å²) in [5.74, 6) is -0.341. The summed E-state index contributed by atoms with van der Waals surface area (Å²) in [5.41, 5.74) is 4.56. The van der Waals surface area contributed by atoms with Gasteiger partial charge in [-0.25, -0.2) is 4.79 Å². The first-order chi connectivity index (χ1) is 9.67. The summed E-state index contributed by atoms with van der Waals surface area (Å²) < 4.78 is 4.94. The van der Waals surface area contributed by atoms with Crippen LogP contribution >= 0.6 is 0 Å². The largest absolute Gasteiger partial charge is 0.462 e. The molecule has 1 aromatic heterocycles. The predicted molar refractivity (Wildman–Crippen MR) is 79.9 cm³/mol. The monoisotopic (exact) mass is 270 g/mol. The SMILES string of the molecule is CCOC(=O)c1ccc(-c2cccc(NC)c2C)nc1. The van der Waals surface area contributed by atoms with Crippen molar-refractivity contribution in [1.82, 2.24) is 4.98 Å². The first-order valence-electron chi connectivity index (χ1n) is 6.58. The number of nitrogens with zero attached hydrogens (tertiary/aromatic N) is 1. The molecule has 4 heteroatoms. The van der Waals surface area contributed by atoms with Crippen LogP contribution in [0.1, 0.15) is 22.8 Å². The molecule has 0 saturated heterocycles. The maximum absolute atomic E-state index is 11.6. The Bertz CT molecular complexity index is 606. The number of carbonyl (C=O) groups excluding carboxylic acids is 1. The summed E-state index contributed by atoms with van der Waals surface area (Å²) in [4.78, 5) is 15.9. The van der Waals surface area contributed by atoms with Crippen LogP contribution in [0.15, 0.2) is 36.5 Å². The van der Waals surface area contributed by atoms with Gasteiger partial charge in [0.25, 0.3) is 0 Å². The number of anilines is 1. The highest BCUT2D eigenvalue weighted by atomic mass is 16.5. The Labute approximate surface area is 118 Å². The molecule has 0 unspecified atom stereocenters.